The van der Waals surface area contributed by atoms with Crippen molar-refractivity contribution in [2.75, 3.05) is 20.6 Å². The molecule has 0 spiro atoms. The van der Waals surface area contributed by atoms with Crippen LogP contribution in [0, 0.1) is 0 Å². The molecule has 0 aromatic heterocycles. The third kappa shape index (κ3) is 2.82. The standard InChI is InChI=1S/C12H20N2/c1-10(9-14(2)3)12-7-5-4-6-11(12)8-13/h4-7,10H,8-9,13H2,1-3H3. The van der Waals surface area contributed by atoms with E-state index in [2.05, 4.69) is 44.1 Å². The van der Waals surface area contributed by atoms with Crippen LogP contribution in [0.5, 0.6) is 0 Å². The Morgan fingerprint density at radius 3 is 2.50 bits per heavy atom. The van der Waals surface area contributed by atoms with E-state index in [1.165, 1.54) is 11.1 Å². The molecule has 1 atom stereocenters. The Kier molecular flexibility index (Phi) is 4.11. The Morgan fingerprint density at radius 1 is 1.29 bits per heavy atom. The Hall–Kier alpha value is -0.860. The van der Waals surface area contributed by atoms with Crippen molar-refractivity contribution in [2.24, 2.45) is 5.73 Å². The first-order valence-corrected chi connectivity index (χ1v) is 5.07. The third-order valence-corrected chi connectivity index (χ3v) is 2.44. The largest absolute Gasteiger partial charge is 0.326 e. The number of benzene rings is 1. The molecule has 2 N–H and O–H groups in total. The summed E-state index contributed by atoms with van der Waals surface area (Å²) in [5.74, 6) is 0.546. The molecule has 78 valence electrons. The molecule has 0 aliphatic carbocycles. The van der Waals surface area contributed by atoms with Crippen molar-refractivity contribution in [1.29, 1.82) is 0 Å². The second-order valence-corrected chi connectivity index (χ2v) is 4.07. The Bertz CT molecular complexity index is 281. The van der Waals surface area contributed by atoms with E-state index in [1.807, 2.05) is 6.07 Å². The molecule has 14 heavy (non-hydrogen) atoms. The van der Waals surface area contributed by atoms with Crippen molar-refractivity contribution in [1.82, 2.24) is 4.90 Å². The van der Waals surface area contributed by atoms with Gasteiger partial charge >= 0.3 is 0 Å². The van der Waals surface area contributed by atoms with E-state index in [9.17, 15) is 0 Å². The van der Waals surface area contributed by atoms with Crippen LogP contribution in [0.2, 0.25) is 0 Å². The molecule has 0 aliphatic rings. The highest BCUT2D eigenvalue weighted by Crippen LogP contribution is 2.19. The first-order chi connectivity index (χ1) is 6.65. The number of nitrogens with two attached hydrogens (primary N) is 1. The summed E-state index contributed by atoms with van der Waals surface area (Å²) in [6.45, 7) is 3.94. The van der Waals surface area contributed by atoms with Crippen molar-refractivity contribution in [3.05, 3.63) is 35.4 Å². The number of rotatable bonds is 4. The molecule has 0 saturated carbocycles. The van der Waals surface area contributed by atoms with Gasteiger partial charge in [-0.2, -0.15) is 0 Å². The summed E-state index contributed by atoms with van der Waals surface area (Å²) in [5, 5.41) is 0. The summed E-state index contributed by atoms with van der Waals surface area (Å²) in [5.41, 5.74) is 8.35. The summed E-state index contributed by atoms with van der Waals surface area (Å²) in [7, 11) is 4.20. The van der Waals surface area contributed by atoms with Crippen molar-refractivity contribution < 1.29 is 0 Å². The number of likely N-dealkylation sites (N-methyl/N-ethyl adjacent to an activating group) is 1. The zero-order chi connectivity index (χ0) is 10.6. The fourth-order valence-electron chi connectivity index (χ4n) is 1.85. The molecule has 0 fully saturated rings. The second kappa shape index (κ2) is 5.13. The van der Waals surface area contributed by atoms with Gasteiger partial charge in [0, 0.05) is 13.1 Å². The summed E-state index contributed by atoms with van der Waals surface area (Å²) < 4.78 is 0. The highest BCUT2D eigenvalue weighted by Gasteiger charge is 2.09. The predicted octanol–water partition coefficient (Wildman–Crippen LogP) is 1.81. The SMILES string of the molecule is CC(CN(C)C)c1ccccc1CN. The highest BCUT2D eigenvalue weighted by atomic mass is 15.1. The van der Waals surface area contributed by atoms with Gasteiger partial charge in [0.05, 0.1) is 0 Å². The normalized spacial score (nSPS) is 13.2. The summed E-state index contributed by atoms with van der Waals surface area (Å²) in [4.78, 5) is 2.21. The predicted molar refractivity (Wildman–Crippen MR) is 61.3 cm³/mol. The van der Waals surface area contributed by atoms with Crippen LogP contribution in [-0.2, 0) is 6.54 Å². The van der Waals surface area contributed by atoms with Crippen LogP contribution in [0.4, 0.5) is 0 Å². The number of nitrogens with zero attached hydrogens (tertiary/aromatic N) is 1. The smallest absolute Gasteiger partial charge is 0.0180 e. The molecule has 0 radical (unpaired) electrons. The molecule has 0 saturated heterocycles. The lowest BCUT2D eigenvalue weighted by atomic mass is 9.95. The Balaban J connectivity index is 2.82. The minimum Gasteiger partial charge on any atom is -0.326 e. The van der Waals surface area contributed by atoms with E-state index >= 15 is 0 Å². The molecule has 0 heterocycles. The Morgan fingerprint density at radius 2 is 1.93 bits per heavy atom. The topological polar surface area (TPSA) is 29.3 Å². The van der Waals surface area contributed by atoms with Crippen molar-refractivity contribution in [3.8, 4) is 0 Å². The van der Waals surface area contributed by atoms with Crippen LogP contribution in [0.1, 0.15) is 24.0 Å². The lowest BCUT2D eigenvalue weighted by molar-refractivity contribution is 0.382. The van der Waals surface area contributed by atoms with Crippen LogP contribution in [0.25, 0.3) is 0 Å². The van der Waals surface area contributed by atoms with E-state index in [0.717, 1.165) is 6.54 Å². The molecule has 0 aliphatic heterocycles. The minimum absolute atomic E-state index is 0.546. The molecule has 1 aromatic rings. The molecular weight excluding hydrogens is 172 g/mol. The van der Waals surface area contributed by atoms with Gasteiger partial charge in [-0.1, -0.05) is 31.2 Å². The average Bonchev–Trinajstić information content (AvgIpc) is 2.16. The van der Waals surface area contributed by atoms with E-state index in [0.29, 0.717) is 12.5 Å². The quantitative estimate of drug-likeness (QED) is 0.788. The van der Waals surface area contributed by atoms with Gasteiger partial charge in [-0.25, -0.2) is 0 Å². The van der Waals surface area contributed by atoms with Gasteiger partial charge in [0.15, 0.2) is 0 Å². The average molecular weight is 192 g/mol. The van der Waals surface area contributed by atoms with Gasteiger partial charge in [-0.15, -0.1) is 0 Å². The molecule has 1 aromatic carbocycles. The maximum Gasteiger partial charge on any atom is 0.0180 e. The minimum atomic E-state index is 0.546. The van der Waals surface area contributed by atoms with Gasteiger partial charge in [0.1, 0.15) is 0 Å². The van der Waals surface area contributed by atoms with Crippen molar-refractivity contribution >= 4 is 0 Å². The highest BCUT2D eigenvalue weighted by molar-refractivity contribution is 5.30. The van der Waals surface area contributed by atoms with Crippen molar-refractivity contribution in [2.45, 2.75) is 19.4 Å². The monoisotopic (exact) mass is 192 g/mol. The van der Waals surface area contributed by atoms with E-state index < -0.39 is 0 Å². The van der Waals surface area contributed by atoms with E-state index in [4.69, 9.17) is 5.73 Å². The lowest BCUT2D eigenvalue weighted by Crippen LogP contribution is -2.19. The number of hydrogen-bond donors (Lipinski definition) is 1. The van der Waals surface area contributed by atoms with Crippen LogP contribution >= 0.6 is 0 Å². The van der Waals surface area contributed by atoms with Crippen LogP contribution in [0.15, 0.2) is 24.3 Å². The molecule has 1 rings (SSSR count). The second-order valence-electron chi connectivity index (χ2n) is 4.07. The van der Waals surface area contributed by atoms with Gasteiger partial charge in [0.2, 0.25) is 0 Å². The van der Waals surface area contributed by atoms with Crippen LogP contribution in [0.3, 0.4) is 0 Å². The van der Waals surface area contributed by atoms with Crippen LogP contribution in [-0.4, -0.2) is 25.5 Å². The van der Waals surface area contributed by atoms with E-state index in [1.54, 1.807) is 0 Å². The molecular formula is C12H20N2. The van der Waals surface area contributed by atoms with E-state index in [-0.39, 0.29) is 0 Å². The maximum atomic E-state index is 5.71. The first kappa shape index (κ1) is 11.2. The van der Waals surface area contributed by atoms with Gasteiger partial charge in [0.25, 0.3) is 0 Å². The van der Waals surface area contributed by atoms with Gasteiger partial charge < -0.3 is 10.6 Å². The summed E-state index contributed by atoms with van der Waals surface area (Å²) in [6.07, 6.45) is 0. The zero-order valence-corrected chi connectivity index (χ0v) is 9.33. The molecule has 1 unspecified atom stereocenters. The summed E-state index contributed by atoms with van der Waals surface area (Å²) >= 11 is 0. The van der Waals surface area contributed by atoms with Gasteiger partial charge in [-0.3, -0.25) is 0 Å². The number of hydrogen-bond acceptors (Lipinski definition) is 2. The molecule has 2 heteroatoms. The fourth-order valence-corrected chi connectivity index (χ4v) is 1.85. The molecule has 0 amide bonds. The fraction of sp³-hybridized carbons (Fsp3) is 0.500. The maximum absolute atomic E-state index is 5.71. The molecule has 2 nitrogen and oxygen atoms in total. The lowest BCUT2D eigenvalue weighted by Gasteiger charge is -2.19. The van der Waals surface area contributed by atoms with Gasteiger partial charge in [-0.05, 0) is 31.1 Å². The zero-order valence-electron chi connectivity index (χ0n) is 9.33. The summed E-state index contributed by atoms with van der Waals surface area (Å²) in [6, 6.07) is 8.42. The van der Waals surface area contributed by atoms with Crippen LogP contribution < -0.4 is 5.73 Å². The van der Waals surface area contributed by atoms with Crippen molar-refractivity contribution in [3.63, 3.8) is 0 Å². The first-order valence-electron chi connectivity index (χ1n) is 5.07. The third-order valence-electron chi connectivity index (χ3n) is 2.44. The molecule has 0 bridgehead atoms. The Labute approximate surface area is 86.7 Å².